The van der Waals surface area contributed by atoms with Gasteiger partial charge in [0.2, 0.25) is 0 Å². The fourth-order valence-corrected chi connectivity index (χ4v) is 4.54. The number of para-hydroxylation sites is 2. The third-order valence-corrected chi connectivity index (χ3v) is 6.08. The highest BCUT2D eigenvalue weighted by atomic mass is 19.1. The van der Waals surface area contributed by atoms with Gasteiger partial charge >= 0.3 is 0 Å². The molecule has 6 heteroatoms. The number of halogens is 1. The summed E-state index contributed by atoms with van der Waals surface area (Å²) in [4.78, 5) is 8.31. The third-order valence-electron chi connectivity index (χ3n) is 6.08. The summed E-state index contributed by atoms with van der Waals surface area (Å²) in [5, 5.41) is 16.9. The molecule has 0 unspecified atom stereocenters. The average Bonchev–Trinajstić information content (AvgIpc) is 3.45. The van der Waals surface area contributed by atoms with Gasteiger partial charge in [-0.05, 0) is 42.8 Å². The lowest BCUT2D eigenvalue weighted by atomic mass is 9.93. The van der Waals surface area contributed by atoms with Crippen LogP contribution in [0.15, 0.2) is 85.1 Å². The molecule has 34 heavy (non-hydrogen) atoms. The largest absolute Gasteiger partial charge is 0.360 e. The Hall–Kier alpha value is -4.76. The van der Waals surface area contributed by atoms with E-state index in [-0.39, 0.29) is 5.82 Å². The Kier molecular flexibility index (Phi) is 4.49. The summed E-state index contributed by atoms with van der Waals surface area (Å²) in [5.74, 6) is -0.332. The lowest BCUT2D eigenvalue weighted by molar-refractivity contribution is 0.628. The van der Waals surface area contributed by atoms with Crippen molar-refractivity contribution in [2.24, 2.45) is 0 Å². The van der Waals surface area contributed by atoms with Crippen molar-refractivity contribution in [3.8, 4) is 34.1 Å². The molecule has 0 radical (unpaired) electrons. The van der Waals surface area contributed by atoms with E-state index < -0.39 is 0 Å². The number of aryl methyl sites for hydroxylation is 1. The van der Waals surface area contributed by atoms with E-state index in [4.69, 9.17) is 10.1 Å². The van der Waals surface area contributed by atoms with Gasteiger partial charge in [0.15, 0.2) is 5.65 Å². The first kappa shape index (κ1) is 19.9. The second kappa shape index (κ2) is 7.68. The fraction of sp³-hybridized carbons (Fsp3) is 0.0357. The summed E-state index contributed by atoms with van der Waals surface area (Å²) < 4.78 is 15.6. The van der Waals surface area contributed by atoms with Crippen molar-refractivity contribution < 1.29 is 4.39 Å². The predicted molar refractivity (Wildman–Crippen MR) is 131 cm³/mol. The molecule has 0 fully saturated rings. The van der Waals surface area contributed by atoms with Crippen LogP contribution in [0, 0.1) is 24.1 Å². The molecular formula is C28H18FN5. The molecule has 162 valence electrons. The van der Waals surface area contributed by atoms with Crippen molar-refractivity contribution in [1.82, 2.24) is 19.7 Å². The van der Waals surface area contributed by atoms with Crippen LogP contribution in [0.4, 0.5) is 4.39 Å². The zero-order chi connectivity index (χ0) is 23.2. The van der Waals surface area contributed by atoms with Gasteiger partial charge in [-0.2, -0.15) is 10.4 Å². The van der Waals surface area contributed by atoms with Crippen LogP contribution in [-0.4, -0.2) is 19.7 Å². The predicted octanol–water partition coefficient (Wildman–Crippen LogP) is 6.56. The minimum Gasteiger partial charge on any atom is -0.360 e. The number of hydrogen-bond acceptors (Lipinski definition) is 3. The number of aromatic nitrogens is 4. The molecule has 6 rings (SSSR count). The van der Waals surface area contributed by atoms with Gasteiger partial charge in [-0.1, -0.05) is 48.5 Å². The summed E-state index contributed by atoms with van der Waals surface area (Å²) in [6.07, 6.45) is 1.88. The highest BCUT2D eigenvalue weighted by Gasteiger charge is 2.24. The number of H-pyrrole nitrogens is 1. The zero-order valence-corrected chi connectivity index (χ0v) is 18.2. The van der Waals surface area contributed by atoms with Gasteiger partial charge in [-0.3, -0.25) is 0 Å². The number of nitrogens with zero attached hydrogens (tertiary/aromatic N) is 4. The Morgan fingerprint density at radius 2 is 1.68 bits per heavy atom. The monoisotopic (exact) mass is 443 g/mol. The topological polar surface area (TPSA) is 70.3 Å². The van der Waals surface area contributed by atoms with Gasteiger partial charge in [0.05, 0.1) is 28.0 Å². The van der Waals surface area contributed by atoms with Crippen molar-refractivity contribution in [3.63, 3.8) is 0 Å². The first-order valence-electron chi connectivity index (χ1n) is 10.9. The summed E-state index contributed by atoms with van der Waals surface area (Å²) >= 11 is 0. The molecule has 0 amide bonds. The van der Waals surface area contributed by atoms with Gasteiger partial charge in [-0.15, -0.1) is 0 Å². The molecule has 3 aromatic heterocycles. The van der Waals surface area contributed by atoms with Crippen LogP contribution < -0.4 is 0 Å². The zero-order valence-electron chi connectivity index (χ0n) is 18.2. The van der Waals surface area contributed by atoms with Gasteiger partial charge < -0.3 is 4.98 Å². The molecule has 0 aliphatic carbocycles. The molecule has 0 aliphatic rings. The summed E-state index contributed by atoms with van der Waals surface area (Å²) in [5.41, 5.74) is 6.47. The molecule has 0 spiro atoms. The maximum absolute atomic E-state index is 13.8. The van der Waals surface area contributed by atoms with E-state index in [1.54, 1.807) is 16.8 Å². The Morgan fingerprint density at radius 1 is 0.941 bits per heavy atom. The Labute approximate surface area is 194 Å². The molecule has 0 bridgehead atoms. The molecule has 6 aromatic rings. The molecule has 0 atom stereocenters. The standard InChI is InChI=1S/C28H18FN5/c1-17-25-26(18-11-13-19(29)14-12-18)22(15-30)27(23-16-31-24-10-6-5-9-21(23)24)32-28(25)34(33-17)20-7-3-2-4-8-20/h2-14,16,31H,1H3. The van der Waals surface area contributed by atoms with Crippen LogP contribution in [0.2, 0.25) is 0 Å². The van der Waals surface area contributed by atoms with E-state index in [1.165, 1.54) is 12.1 Å². The first-order chi connectivity index (χ1) is 16.7. The van der Waals surface area contributed by atoms with Crippen molar-refractivity contribution in [1.29, 1.82) is 5.26 Å². The minimum atomic E-state index is -0.332. The second-order valence-corrected chi connectivity index (χ2v) is 8.11. The molecular weight excluding hydrogens is 425 g/mol. The van der Waals surface area contributed by atoms with E-state index >= 15 is 0 Å². The van der Waals surface area contributed by atoms with Gasteiger partial charge in [0, 0.05) is 28.2 Å². The van der Waals surface area contributed by atoms with Crippen molar-refractivity contribution in [3.05, 3.63) is 102 Å². The molecule has 1 N–H and O–H groups in total. The lowest BCUT2D eigenvalue weighted by Gasteiger charge is -2.12. The number of nitriles is 1. The molecule has 5 nitrogen and oxygen atoms in total. The number of nitrogens with one attached hydrogen (secondary N) is 1. The average molecular weight is 443 g/mol. The Morgan fingerprint density at radius 3 is 2.44 bits per heavy atom. The first-order valence-corrected chi connectivity index (χ1v) is 10.9. The number of benzene rings is 3. The SMILES string of the molecule is Cc1nn(-c2ccccc2)c2nc(-c3c[nH]c4ccccc34)c(C#N)c(-c3ccc(F)cc3)c12. The van der Waals surface area contributed by atoms with Crippen LogP contribution in [0.1, 0.15) is 11.3 Å². The fourth-order valence-electron chi connectivity index (χ4n) is 4.54. The maximum Gasteiger partial charge on any atom is 0.164 e. The quantitative estimate of drug-likeness (QED) is 0.337. The number of aromatic amines is 1. The van der Waals surface area contributed by atoms with E-state index in [0.717, 1.165) is 38.8 Å². The van der Waals surface area contributed by atoms with Gasteiger partial charge in [0.1, 0.15) is 11.9 Å². The number of hydrogen-bond donors (Lipinski definition) is 1. The molecule has 3 heterocycles. The Bertz CT molecular complexity index is 1720. The van der Waals surface area contributed by atoms with Gasteiger partial charge in [0.25, 0.3) is 0 Å². The molecule has 3 aromatic carbocycles. The third kappa shape index (κ3) is 2.99. The van der Waals surface area contributed by atoms with Crippen LogP contribution >= 0.6 is 0 Å². The second-order valence-electron chi connectivity index (χ2n) is 8.11. The maximum atomic E-state index is 13.8. The highest BCUT2D eigenvalue weighted by molar-refractivity contribution is 6.04. The molecule has 0 saturated carbocycles. The van der Waals surface area contributed by atoms with Gasteiger partial charge in [-0.25, -0.2) is 14.1 Å². The van der Waals surface area contributed by atoms with Crippen LogP contribution in [0.5, 0.6) is 0 Å². The van der Waals surface area contributed by atoms with E-state index in [0.29, 0.717) is 22.5 Å². The van der Waals surface area contributed by atoms with Crippen LogP contribution in [0.3, 0.4) is 0 Å². The summed E-state index contributed by atoms with van der Waals surface area (Å²) in [6.45, 7) is 1.91. The Balaban J connectivity index is 1.78. The van der Waals surface area contributed by atoms with E-state index in [1.807, 2.05) is 67.7 Å². The number of rotatable bonds is 3. The highest BCUT2D eigenvalue weighted by Crippen LogP contribution is 2.40. The lowest BCUT2D eigenvalue weighted by Crippen LogP contribution is -2.01. The van der Waals surface area contributed by atoms with Crippen molar-refractivity contribution in [2.45, 2.75) is 6.92 Å². The van der Waals surface area contributed by atoms with Crippen LogP contribution in [-0.2, 0) is 0 Å². The smallest absolute Gasteiger partial charge is 0.164 e. The van der Waals surface area contributed by atoms with E-state index in [2.05, 4.69) is 11.1 Å². The van der Waals surface area contributed by atoms with Crippen LogP contribution in [0.25, 0.3) is 50.0 Å². The minimum absolute atomic E-state index is 0.332. The van der Waals surface area contributed by atoms with Crippen molar-refractivity contribution in [2.75, 3.05) is 0 Å². The molecule has 0 saturated heterocycles. The summed E-state index contributed by atoms with van der Waals surface area (Å²) in [7, 11) is 0. The number of fused-ring (bicyclic) bond motifs is 2. The van der Waals surface area contributed by atoms with E-state index in [9.17, 15) is 9.65 Å². The molecule has 0 aliphatic heterocycles. The number of pyridine rings is 1. The summed E-state index contributed by atoms with van der Waals surface area (Å²) in [6, 6.07) is 26.3. The van der Waals surface area contributed by atoms with Crippen molar-refractivity contribution >= 4 is 21.9 Å². The normalized spacial score (nSPS) is 11.2.